The van der Waals surface area contributed by atoms with Crippen molar-refractivity contribution in [3.63, 3.8) is 0 Å². The van der Waals surface area contributed by atoms with E-state index in [1.165, 1.54) is 38.5 Å². The Hall–Kier alpha value is 0.810. The summed E-state index contributed by atoms with van der Waals surface area (Å²) in [5.74, 6) is -2.70. The summed E-state index contributed by atoms with van der Waals surface area (Å²) < 4.78 is 40.5. The molecule has 0 rings (SSSR count). The first-order valence-electron chi connectivity index (χ1n) is 10.6. The van der Waals surface area contributed by atoms with Gasteiger partial charge >= 0.3 is 71.1 Å². The summed E-state index contributed by atoms with van der Waals surface area (Å²) in [6.07, 6.45) is 10.1. The fourth-order valence-electron chi connectivity index (χ4n) is 2.53. The summed E-state index contributed by atoms with van der Waals surface area (Å²) >= 11 is 0. The summed E-state index contributed by atoms with van der Waals surface area (Å²) in [7, 11) is -4.78. The van der Waals surface area contributed by atoms with Gasteiger partial charge in [-0.1, -0.05) is 64.7 Å². The van der Waals surface area contributed by atoms with Crippen LogP contribution in [0.5, 0.6) is 0 Å². The SMILES string of the molecule is CCCCCCCCCCCCOC(=O)C(CC(=O)O)S(=O)(=O)O.CCOCC.[H-].[H-].[Na+].[Na+]. The molecule has 0 bridgehead atoms. The van der Waals surface area contributed by atoms with Crippen molar-refractivity contribution in [1.82, 2.24) is 0 Å². The van der Waals surface area contributed by atoms with Crippen LogP contribution in [-0.2, 0) is 29.2 Å². The molecule has 178 valence electrons. The normalized spacial score (nSPS) is 11.2. The average Bonchev–Trinajstić information content (AvgIpc) is 2.64. The van der Waals surface area contributed by atoms with Crippen molar-refractivity contribution >= 4 is 22.1 Å². The Kier molecular flexibility index (Phi) is 34.1. The number of carbonyl (C=O) groups excluding carboxylic acids is 1. The Morgan fingerprint density at radius 3 is 1.58 bits per heavy atom. The molecule has 0 radical (unpaired) electrons. The van der Waals surface area contributed by atoms with Gasteiger partial charge in [0.2, 0.25) is 0 Å². The molecular formula is C20H42Na2O8S. The summed E-state index contributed by atoms with van der Waals surface area (Å²) in [6.45, 7) is 7.88. The number of carbonyl (C=O) groups is 2. The molecule has 0 aliphatic carbocycles. The molecule has 0 amide bonds. The topological polar surface area (TPSA) is 127 Å². The zero-order chi connectivity index (χ0) is 22.5. The molecule has 1 unspecified atom stereocenters. The van der Waals surface area contributed by atoms with Gasteiger partial charge in [-0.25, -0.2) is 0 Å². The van der Waals surface area contributed by atoms with Crippen LogP contribution in [0, 0.1) is 0 Å². The number of hydrogen-bond acceptors (Lipinski definition) is 6. The number of unbranched alkanes of at least 4 members (excludes halogenated alkanes) is 9. The first kappa shape index (κ1) is 39.0. The molecule has 8 nitrogen and oxygen atoms in total. The second-order valence-electron chi connectivity index (χ2n) is 6.73. The number of ether oxygens (including phenoxy) is 2. The number of hydrogen-bond donors (Lipinski definition) is 2. The quantitative estimate of drug-likeness (QED) is 0.109. The standard InChI is InChI=1S/C16H30O7S.C4H10O.2Na.2H/c1-2-3-4-5-6-7-8-9-10-11-12-23-16(19)14(13-15(17)18)24(20,21)22;1-3-5-4-2;;;;/h14H,2-13H2,1H3,(H,17,18)(H,20,21,22);3-4H2,1-2H3;;;;/q;;2*+1;2*-1. The third-order valence-corrected chi connectivity index (χ3v) is 5.21. The molecule has 31 heavy (non-hydrogen) atoms. The van der Waals surface area contributed by atoms with Gasteiger partial charge in [0.1, 0.15) is 0 Å². The molecule has 0 spiro atoms. The number of aliphatic carboxylic acids is 1. The summed E-state index contributed by atoms with van der Waals surface area (Å²) in [5.41, 5.74) is 0. The molecule has 11 heteroatoms. The molecule has 0 heterocycles. The van der Waals surface area contributed by atoms with Crippen molar-refractivity contribution in [2.45, 2.75) is 96.7 Å². The molecule has 0 saturated carbocycles. The first-order chi connectivity index (χ1) is 13.7. The third-order valence-electron chi connectivity index (χ3n) is 4.13. The monoisotopic (exact) mass is 488 g/mol. The third kappa shape index (κ3) is 28.8. The van der Waals surface area contributed by atoms with Gasteiger partial charge in [-0.15, -0.1) is 0 Å². The van der Waals surface area contributed by atoms with Crippen LogP contribution in [0.15, 0.2) is 0 Å². The number of esters is 1. The predicted octanol–water partition coefficient (Wildman–Crippen LogP) is -1.54. The van der Waals surface area contributed by atoms with Gasteiger partial charge in [-0.2, -0.15) is 8.42 Å². The second-order valence-corrected chi connectivity index (χ2v) is 8.33. The summed E-state index contributed by atoms with van der Waals surface area (Å²) in [5, 5.41) is 6.52. The Bertz CT molecular complexity index is 524. The Balaban J connectivity index is -0.000000182. The van der Waals surface area contributed by atoms with E-state index in [2.05, 4.69) is 6.92 Å². The molecule has 0 aromatic carbocycles. The van der Waals surface area contributed by atoms with E-state index in [0.29, 0.717) is 6.42 Å². The molecule has 2 N–H and O–H groups in total. The molecule has 0 aromatic heterocycles. The second kappa shape index (κ2) is 27.1. The molecule has 0 aromatic rings. The summed E-state index contributed by atoms with van der Waals surface area (Å²) in [4.78, 5) is 22.1. The zero-order valence-electron chi connectivity index (χ0n) is 22.2. The van der Waals surface area contributed by atoms with Gasteiger partial charge < -0.3 is 17.4 Å². The van der Waals surface area contributed by atoms with Crippen LogP contribution in [0.4, 0.5) is 0 Å². The van der Waals surface area contributed by atoms with Crippen molar-refractivity contribution in [3.8, 4) is 0 Å². The van der Waals surface area contributed by atoms with Crippen LogP contribution in [0.2, 0.25) is 0 Å². The van der Waals surface area contributed by atoms with Crippen LogP contribution in [0.3, 0.4) is 0 Å². The molecular weight excluding hydrogens is 446 g/mol. The van der Waals surface area contributed by atoms with Crippen LogP contribution < -0.4 is 59.1 Å². The minimum atomic E-state index is -4.78. The number of carboxylic acids is 1. The van der Waals surface area contributed by atoms with Crippen molar-refractivity contribution < 1.29 is 99.1 Å². The van der Waals surface area contributed by atoms with Gasteiger partial charge in [0.05, 0.1) is 13.0 Å². The average molecular weight is 489 g/mol. The van der Waals surface area contributed by atoms with Gasteiger partial charge in [-0.3, -0.25) is 14.1 Å². The Labute approximate surface area is 235 Å². The Morgan fingerprint density at radius 1 is 0.839 bits per heavy atom. The molecule has 1 atom stereocenters. The fraction of sp³-hybridized carbons (Fsp3) is 0.900. The van der Waals surface area contributed by atoms with Crippen LogP contribution in [0.1, 0.15) is 94.3 Å². The first-order valence-corrected chi connectivity index (χ1v) is 12.1. The van der Waals surface area contributed by atoms with Crippen molar-refractivity contribution in [1.29, 1.82) is 0 Å². The van der Waals surface area contributed by atoms with E-state index >= 15 is 0 Å². The van der Waals surface area contributed by atoms with Crippen molar-refractivity contribution in [3.05, 3.63) is 0 Å². The van der Waals surface area contributed by atoms with Gasteiger partial charge in [0.25, 0.3) is 10.1 Å². The maximum absolute atomic E-state index is 11.6. The van der Waals surface area contributed by atoms with E-state index in [0.717, 1.165) is 32.5 Å². The smallest absolute Gasteiger partial charge is 1.00 e. The molecule has 0 aliphatic rings. The minimum absolute atomic E-state index is 0. The minimum Gasteiger partial charge on any atom is -1.00 e. The summed E-state index contributed by atoms with van der Waals surface area (Å²) in [6, 6.07) is 0. The van der Waals surface area contributed by atoms with Crippen molar-refractivity contribution in [2.24, 2.45) is 0 Å². The van der Waals surface area contributed by atoms with E-state index in [4.69, 9.17) is 19.1 Å². The van der Waals surface area contributed by atoms with Gasteiger partial charge in [0, 0.05) is 13.2 Å². The molecule has 0 saturated heterocycles. The zero-order valence-corrected chi connectivity index (χ0v) is 25.0. The van der Waals surface area contributed by atoms with Gasteiger partial charge in [-0.05, 0) is 20.3 Å². The maximum atomic E-state index is 11.6. The Morgan fingerprint density at radius 2 is 1.26 bits per heavy atom. The molecule has 0 aliphatic heterocycles. The van der Waals surface area contributed by atoms with E-state index in [1.54, 1.807) is 0 Å². The van der Waals surface area contributed by atoms with E-state index < -0.39 is 33.7 Å². The van der Waals surface area contributed by atoms with E-state index in [9.17, 15) is 18.0 Å². The molecule has 0 fully saturated rings. The number of carboxylic acid groups (broad SMARTS) is 1. The van der Waals surface area contributed by atoms with Crippen molar-refractivity contribution in [2.75, 3.05) is 19.8 Å². The van der Waals surface area contributed by atoms with E-state index in [1.807, 2.05) is 13.8 Å². The maximum Gasteiger partial charge on any atom is 1.00 e. The van der Waals surface area contributed by atoms with Crippen LogP contribution in [-0.4, -0.2) is 55.1 Å². The van der Waals surface area contributed by atoms with Gasteiger partial charge in [0.15, 0.2) is 5.25 Å². The fourth-order valence-corrected chi connectivity index (χ4v) is 3.19. The predicted molar refractivity (Wildman–Crippen MR) is 115 cm³/mol. The van der Waals surface area contributed by atoms with Crippen LogP contribution in [0.25, 0.3) is 0 Å². The van der Waals surface area contributed by atoms with E-state index in [-0.39, 0.29) is 68.6 Å². The number of rotatable bonds is 17. The van der Waals surface area contributed by atoms with Crippen LogP contribution >= 0.6 is 0 Å². The largest absolute Gasteiger partial charge is 1.00 e.